The number of hydrogen-bond acceptors (Lipinski definition) is 5. The van der Waals surface area contributed by atoms with Crippen LogP contribution >= 0.6 is 0 Å². The Morgan fingerprint density at radius 2 is 1.96 bits per heavy atom. The lowest BCUT2D eigenvalue weighted by Crippen LogP contribution is -2.63. The van der Waals surface area contributed by atoms with Crippen LogP contribution in [0.2, 0.25) is 0 Å². The third kappa shape index (κ3) is 3.55. The number of hydrogen-bond donors (Lipinski definition) is 1. The van der Waals surface area contributed by atoms with Gasteiger partial charge in [-0.2, -0.15) is 0 Å². The monoisotopic (exact) mass is 348 g/mol. The summed E-state index contributed by atoms with van der Waals surface area (Å²) in [6.45, 7) is 2.80. The van der Waals surface area contributed by atoms with E-state index in [-0.39, 0.29) is 11.8 Å². The van der Waals surface area contributed by atoms with Crippen LogP contribution in [0.1, 0.15) is 39.0 Å². The molecule has 2 aliphatic rings. The molecule has 1 saturated carbocycles. The fourth-order valence-corrected chi connectivity index (χ4v) is 4.84. The average Bonchev–Trinajstić information content (AvgIpc) is 2.50. The van der Waals surface area contributed by atoms with Gasteiger partial charge < -0.3 is 9.84 Å². The Bertz CT molecular complexity index is 518. The van der Waals surface area contributed by atoms with E-state index in [0.717, 1.165) is 19.3 Å². The first-order valence-corrected chi connectivity index (χ1v) is 9.86. The van der Waals surface area contributed by atoms with Gasteiger partial charge >= 0.3 is 5.97 Å². The fraction of sp³-hybridized carbons (Fsp3) is 0.933. The van der Waals surface area contributed by atoms with Gasteiger partial charge in [-0.1, -0.05) is 0 Å². The molecule has 1 aliphatic carbocycles. The van der Waals surface area contributed by atoms with Crippen molar-refractivity contribution >= 4 is 16.0 Å². The minimum absolute atomic E-state index is 0.0504. The topological polar surface area (TPSA) is 87.2 Å². The Labute approximate surface area is 138 Å². The second kappa shape index (κ2) is 7.04. The molecule has 0 spiro atoms. The summed E-state index contributed by atoms with van der Waals surface area (Å²) in [7, 11) is 0.00357. The number of piperidine rings is 1. The highest BCUT2D eigenvalue weighted by molar-refractivity contribution is 7.89. The summed E-state index contributed by atoms with van der Waals surface area (Å²) in [6.07, 6.45) is 3.83. The van der Waals surface area contributed by atoms with Crippen LogP contribution in [0.25, 0.3) is 0 Å². The number of aliphatic carboxylic acids is 1. The van der Waals surface area contributed by atoms with Crippen LogP contribution in [0.3, 0.4) is 0 Å². The first-order valence-electron chi connectivity index (χ1n) is 8.25. The number of rotatable bonds is 7. The predicted molar refractivity (Wildman–Crippen MR) is 86.8 cm³/mol. The van der Waals surface area contributed by atoms with Crippen molar-refractivity contribution < 1.29 is 23.1 Å². The molecule has 1 unspecified atom stereocenters. The molecule has 1 N–H and O–H groups in total. The summed E-state index contributed by atoms with van der Waals surface area (Å²) in [6, 6.07) is -0.694. The highest BCUT2D eigenvalue weighted by Crippen LogP contribution is 2.41. The van der Waals surface area contributed by atoms with Crippen LogP contribution in [-0.2, 0) is 19.6 Å². The molecule has 8 heteroatoms. The zero-order valence-electron chi connectivity index (χ0n) is 14.2. The Kier molecular flexibility index (Phi) is 5.71. The van der Waals surface area contributed by atoms with Gasteiger partial charge in [-0.25, -0.2) is 12.7 Å². The predicted octanol–water partition coefficient (Wildman–Crippen LogP) is 0.755. The maximum atomic E-state index is 12.0. The summed E-state index contributed by atoms with van der Waals surface area (Å²) in [5, 5.41) is 9.67. The molecule has 0 aromatic rings. The van der Waals surface area contributed by atoms with Gasteiger partial charge in [-0.15, -0.1) is 0 Å². The van der Waals surface area contributed by atoms with E-state index in [2.05, 4.69) is 0 Å². The van der Waals surface area contributed by atoms with Crippen molar-refractivity contribution in [2.24, 2.45) is 0 Å². The van der Waals surface area contributed by atoms with Crippen molar-refractivity contribution in [3.05, 3.63) is 0 Å². The van der Waals surface area contributed by atoms with Gasteiger partial charge in [0.1, 0.15) is 6.04 Å². The van der Waals surface area contributed by atoms with E-state index in [1.807, 2.05) is 4.90 Å². The number of nitrogens with zero attached hydrogens (tertiary/aromatic N) is 2. The van der Waals surface area contributed by atoms with Crippen LogP contribution in [0.5, 0.6) is 0 Å². The lowest BCUT2D eigenvalue weighted by atomic mass is 9.73. The number of carboxylic acid groups (broad SMARTS) is 1. The summed E-state index contributed by atoms with van der Waals surface area (Å²) < 4.78 is 31.0. The fourth-order valence-electron chi connectivity index (χ4n) is 3.77. The maximum absolute atomic E-state index is 12.0. The number of methoxy groups -OCH3 is 1. The minimum atomic E-state index is -3.20. The summed E-state index contributed by atoms with van der Waals surface area (Å²) in [5.74, 6) is -0.756. The molecular weight excluding hydrogens is 320 g/mol. The zero-order chi connectivity index (χ0) is 17.3. The van der Waals surface area contributed by atoms with Crippen molar-refractivity contribution in [1.82, 2.24) is 9.21 Å². The van der Waals surface area contributed by atoms with Crippen molar-refractivity contribution in [1.29, 1.82) is 0 Å². The lowest BCUT2D eigenvalue weighted by molar-refractivity contribution is -0.173. The molecule has 0 aromatic heterocycles. The van der Waals surface area contributed by atoms with Gasteiger partial charge in [-0.3, -0.25) is 9.69 Å². The maximum Gasteiger partial charge on any atom is 0.323 e. The van der Waals surface area contributed by atoms with Crippen molar-refractivity contribution in [2.75, 3.05) is 33.0 Å². The van der Waals surface area contributed by atoms with Gasteiger partial charge in [0.25, 0.3) is 0 Å². The third-order valence-corrected chi connectivity index (χ3v) is 7.43. The van der Waals surface area contributed by atoms with E-state index in [1.165, 1.54) is 4.31 Å². The van der Waals surface area contributed by atoms with Crippen LogP contribution in [0, 0.1) is 0 Å². The molecule has 2 fully saturated rings. The Morgan fingerprint density at radius 1 is 1.39 bits per heavy atom. The van der Waals surface area contributed by atoms with E-state index in [4.69, 9.17) is 4.74 Å². The molecule has 0 amide bonds. The Balaban J connectivity index is 2.04. The molecule has 134 valence electrons. The zero-order valence-corrected chi connectivity index (χ0v) is 15.0. The van der Waals surface area contributed by atoms with E-state index in [1.54, 1.807) is 21.1 Å². The smallest absolute Gasteiger partial charge is 0.323 e. The molecule has 1 aliphatic heterocycles. The molecular formula is C15H28N2O5S. The second-order valence-electron chi connectivity index (χ2n) is 6.55. The van der Waals surface area contributed by atoms with Crippen molar-refractivity contribution in [2.45, 2.75) is 56.7 Å². The Morgan fingerprint density at radius 3 is 2.30 bits per heavy atom. The van der Waals surface area contributed by atoms with Crippen LogP contribution in [-0.4, -0.2) is 79.4 Å². The van der Waals surface area contributed by atoms with E-state index in [0.29, 0.717) is 25.9 Å². The summed E-state index contributed by atoms with van der Waals surface area (Å²) in [4.78, 5) is 13.7. The standard InChI is InChI=1S/C15H28N2O5S/c1-4-23(20,21)16(2)12-6-10-17(11-7-12)13(14(18)19)15(22-3)8-5-9-15/h12-13H,4-11H2,1-3H3,(H,18,19). The van der Waals surface area contributed by atoms with E-state index >= 15 is 0 Å². The number of likely N-dealkylation sites (tertiary alicyclic amines) is 1. The second-order valence-corrected chi connectivity index (χ2v) is 8.86. The molecule has 23 heavy (non-hydrogen) atoms. The van der Waals surface area contributed by atoms with Crippen LogP contribution in [0.15, 0.2) is 0 Å². The van der Waals surface area contributed by atoms with Gasteiger partial charge in [0.2, 0.25) is 10.0 Å². The van der Waals surface area contributed by atoms with Crippen molar-refractivity contribution in [3.8, 4) is 0 Å². The largest absolute Gasteiger partial charge is 0.480 e. The molecule has 0 aromatic carbocycles. The summed E-state index contributed by atoms with van der Waals surface area (Å²) >= 11 is 0. The third-order valence-electron chi connectivity index (χ3n) is 5.52. The highest BCUT2D eigenvalue weighted by Gasteiger charge is 2.51. The first kappa shape index (κ1) is 18.6. The number of sulfonamides is 1. The lowest BCUT2D eigenvalue weighted by Gasteiger charge is -2.50. The number of ether oxygens (including phenoxy) is 1. The minimum Gasteiger partial charge on any atom is -0.480 e. The molecule has 1 atom stereocenters. The quantitative estimate of drug-likeness (QED) is 0.731. The van der Waals surface area contributed by atoms with Gasteiger partial charge in [0.15, 0.2) is 0 Å². The first-order chi connectivity index (χ1) is 10.8. The van der Waals surface area contributed by atoms with Crippen LogP contribution < -0.4 is 0 Å². The van der Waals surface area contributed by atoms with Crippen molar-refractivity contribution in [3.63, 3.8) is 0 Å². The highest BCUT2D eigenvalue weighted by atomic mass is 32.2. The van der Waals surface area contributed by atoms with Gasteiger partial charge in [0.05, 0.1) is 11.4 Å². The molecule has 0 bridgehead atoms. The Hall–Kier alpha value is -0.700. The molecule has 2 rings (SSSR count). The van der Waals surface area contributed by atoms with E-state index in [9.17, 15) is 18.3 Å². The summed E-state index contributed by atoms with van der Waals surface area (Å²) in [5.41, 5.74) is -0.583. The SMILES string of the molecule is CCS(=O)(=O)N(C)C1CCN(C(C(=O)O)C2(OC)CCC2)CC1. The normalized spacial score (nSPS) is 24.3. The number of carboxylic acids is 1. The molecule has 1 saturated heterocycles. The van der Waals surface area contributed by atoms with Gasteiger partial charge in [0, 0.05) is 33.3 Å². The van der Waals surface area contributed by atoms with E-state index < -0.39 is 27.6 Å². The van der Waals surface area contributed by atoms with Gasteiger partial charge in [-0.05, 0) is 39.0 Å². The molecule has 0 radical (unpaired) electrons. The van der Waals surface area contributed by atoms with Crippen LogP contribution in [0.4, 0.5) is 0 Å². The molecule has 7 nitrogen and oxygen atoms in total. The molecule has 1 heterocycles. The number of carbonyl (C=O) groups is 1. The average molecular weight is 348 g/mol.